The van der Waals surface area contributed by atoms with Gasteiger partial charge in [-0.1, -0.05) is 0 Å². The first-order chi connectivity index (χ1) is 13.3. The largest absolute Gasteiger partial charge is 1.00 e. The van der Waals surface area contributed by atoms with E-state index < -0.39 is 23.2 Å². The first kappa shape index (κ1) is 21.7. The average molecular weight is 577 g/mol. The maximum Gasteiger partial charge on any atom is -1.00 e. The number of halogens is 3. The molecule has 2 unspecified atom stereocenters. The van der Waals surface area contributed by atoms with Gasteiger partial charge in [-0.25, -0.2) is 0 Å². The molecule has 2 atom stereocenters. The minimum Gasteiger partial charge on any atom is -1.00 e. The number of benzene rings is 3. The molecule has 0 saturated carbocycles. The van der Waals surface area contributed by atoms with Crippen LogP contribution in [-0.4, -0.2) is 0 Å². The SMILES string of the molecule is BrC1=C[CH]([Zr+2][C]2=Cc3cc4ccc3C2c2cccc(c2)S4)c2ccccc21.[Cl-].[Cl-]. The summed E-state index contributed by atoms with van der Waals surface area (Å²) in [7, 11) is 0. The van der Waals surface area contributed by atoms with Crippen LogP contribution < -0.4 is 24.8 Å². The van der Waals surface area contributed by atoms with E-state index in [2.05, 4.69) is 94.8 Å². The summed E-state index contributed by atoms with van der Waals surface area (Å²) in [6.07, 6.45) is 4.98. The Morgan fingerprint density at radius 3 is 2.55 bits per heavy atom. The Bertz CT molecular complexity index is 1170. The molecule has 0 aromatic heterocycles. The second kappa shape index (κ2) is 8.52. The van der Waals surface area contributed by atoms with Gasteiger partial charge in [0.05, 0.1) is 0 Å². The minimum atomic E-state index is -0.822. The van der Waals surface area contributed by atoms with Crippen LogP contribution in [-0.2, 0) is 23.2 Å². The Labute approximate surface area is 207 Å². The Hall–Kier alpha value is -0.567. The van der Waals surface area contributed by atoms with Crippen LogP contribution in [0.2, 0.25) is 0 Å². The fourth-order valence-corrected chi connectivity index (χ4v) is 10.9. The van der Waals surface area contributed by atoms with Gasteiger partial charge in [-0.2, -0.15) is 0 Å². The van der Waals surface area contributed by atoms with Gasteiger partial charge >= 0.3 is 185 Å². The molecule has 142 valence electrons. The molecule has 2 aliphatic carbocycles. The molecule has 3 aromatic rings. The summed E-state index contributed by atoms with van der Waals surface area (Å²) in [5, 5.41) is 0. The Morgan fingerprint density at radius 1 is 0.828 bits per heavy atom. The van der Waals surface area contributed by atoms with Crippen molar-refractivity contribution in [1.29, 1.82) is 0 Å². The van der Waals surface area contributed by atoms with E-state index in [-0.39, 0.29) is 24.8 Å². The van der Waals surface area contributed by atoms with Crippen molar-refractivity contribution in [3.05, 3.63) is 104 Å². The molecular formula is C24H15BrCl2SZr. The molecule has 2 heterocycles. The summed E-state index contributed by atoms with van der Waals surface area (Å²) >= 11 is 4.86. The zero-order valence-electron chi connectivity index (χ0n) is 15.2. The quantitative estimate of drug-likeness (QED) is 0.442. The van der Waals surface area contributed by atoms with Gasteiger partial charge in [0.2, 0.25) is 0 Å². The third-order valence-electron chi connectivity index (χ3n) is 5.61. The van der Waals surface area contributed by atoms with Crippen molar-refractivity contribution < 1.29 is 48.0 Å². The van der Waals surface area contributed by atoms with Crippen LogP contribution in [0.5, 0.6) is 0 Å². The summed E-state index contributed by atoms with van der Waals surface area (Å²) in [4.78, 5) is 2.71. The molecule has 0 nitrogen and oxygen atoms in total. The number of hydrogen-bond donors (Lipinski definition) is 0. The van der Waals surface area contributed by atoms with Crippen LogP contribution in [0.15, 0.2) is 85.9 Å². The smallest absolute Gasteiger partial charge is 1.00 e. The standard InChI is InChI=1S/C15H9S.C9H6Br.2ClH.Zr/c1-2-10-8-12(3-1)16-13-5-7-15-11(9-13)4-6-14(10)15;10-9-6-5-7-3-1-2-4-8(7)9;;;/h1-5,7-9,14H;1-6H;2*1H;/q;;;;+2/p-2. The first-order valence-electron chi connectivity index (χ1n) is 9.13. The summed E-state index contributed by atoms with van der Waals surface area (Å²) in [5.41, 5.74) is 7.32. The van der Waals surface area contributed by atoms with Crippen LogP contribution in [0.1, 0.15) is 37.4 Å². The van der Waals surface area contributed by atoms with Gasteiger partial charge in [0.1, 0.15) is 0 Å². The molecule has 0 spiro atoms. The van der Waals surface area contributed by atoms with Gasteiger partial charge in [0.15, 0.2) is 0 Å². The molecule has 0 radical (unpaired) electrons. The molecule has 6 bridgehead atoms. The van der Waals surface area contributed by atoms with E-state index in [9.17, 15) is 0 Å². The van der Waals surface area contributed by atoms with Crippen LogP contribution in [0.4, 0.5) is 0 Å². The van der Waals surface area contributed by atoms with Crippen molar-refractivity contribution in [3.63, 3.8) is 0 Å². The molecule has 7 rings (SSSR count). The Morgan fingerprint density at radius 2 is 1.66 bits per heavy atom. The maximum absolute atomic E-state index is 3.80. The van der Waals surface area contributed by atoms with Crippen molar-refractivity contribution in [2.45, 2.75) is 19.3 Å². The second-order valence-corrected chi connectivity index (χ2v) is 12.9. The van der Waals surface area contributed by atoms with Gasteiger partial charge in [-0.3, -0.25) is 0 Å². The molecule has 3 aromatic carbocycles. The van der Waals surface area contributed by atoms with E-state index in [1.807, 2.05) is 11.8 Å². The maximum atomic E-state index is 3.80. The Kier molecular flexibility index (Phi) is 6.36. The molecule has 0 saturated heterocycles. The molecule has 0 N–H and O–H groups in total. The van der Waals surface area contributed by atoms with Gasteiger partial charge in [-0.15, -0.1) is 0 Å². The number of rotatable bonds is 2. The van der Waals surface area contributed by atoms with Crippen molar-refractivity contribution >= 4 is 38.3 Å². The molecule has 2 aliphatic heterocycles. The summed E-state index contributed by atoms with van der Waals surface area (Å²) in [6.45, 7) is 0. The molecule has 4 aliphatic rings. The minimum absolute atomic E-state index is 0. The monoisotopic (exact) mass is 574 g/mol. The Balaban J connectivity index is 0.00000102. The van der Waals surface area contributed by atoms with Crippen molar-refractivity contribution in [3.8, 4) is 0 Å². The van der Waals surface area contributed by atoms with E-state index in [0.717, 1.165) is 0 Å². The molecular weight excluding hydrogens is 562 g/mol. The number of allylic oxidation sites excluding steroid dienone is 2. The number of hydrogen-bond acceptors (Lipinski definition) is 1. The predicted molar refractivity (Wildman–Crippen MR) is 113 cm³/mol. The van der Waals surface area contributed by atoms with E-state index in [1.54, 1.807) is 3.28 Å². The summed E-state index contributed by atoms with van der Waals surface area (Å²) in [6, 6.07) is 25.2. The fraction of sp³-hybridized carbons (Fsp3) is 0.0833. The van der Waals surface area contributed by atoms with E-state index in [0.29, 0.717) is 9.54 Å². The molecule has 5 heteroatoms. The fourth-order valence-electron chi connectivity index (χ4n) is 4.41. The third kappa shape index (κ3) is 3.68. The van der Waals surface area contributed by atoms with Crippen LogP contribution >= 0.6 is 27.7 Å². The van der Waals surface area contributed by atoms with Crippen molar-refractivity contribution in [1.82, 2.24) is 0 Å². The van der Waals surface area contributed by atoms with Crippen molar-refractivity contribution in [2.24, 2.45) is 0 Å². The number of fused-ring (bicyclic) bond motifs is 2. The van der Waals surface area contributed by atoms with E-state index in [1.165, 1.54) is 42.1 Å². The van der Waals surface area contributed by atoms with E-state index in [4.69, 9.17) is 0 Å². The van der Waals surface area contributed by atoms with Crippen LogP contribution in [0.25, 0.3) is 10.6 Å². The normalized spacial score (nSPS) is 19.5. The third-order valence-corrected chi connectivity index (χ3v) is 11.1. The van der Waals surface area contributed by atoms with Gasteiger partial charge in [-0.05, 0) is 0 Å². The zero-order valence-corrected chi connectivity index (χ0v) is 21.6. The second-order valence-electron chi connectivity index (χ2n) is 7.22. The van der Waals surface area contributed by atoms with E-state index >= 15 is 0 Å². The van der Waals surface area contributed by atoms with Crippen molar-refractivity contribution in [2.75, 3.05) is 0 Å². The molecule has 0 amide bonds. The summed E-state index contributed by atoms with van der Waals surface area (Å²) in [5.74, 6) is 0.458. The topological polar surface area (TPSA) is 0 Å². The van der Waals surface area contributed by atoms with Gasteiger partial charge in [0.25, 0.3) is 0 Å². The van der Waals surface area contributed by atoms with Crippen LogP contribution in [0.3, 0.4) is 0 Å². The summed E-state index contributed by atoms with van der Waals surface area (Å²) < 4.78 is 3.59. The first-order valence-corrected chi connectivity index (χ1v) is 13.4. The van der Waals surface area contributed by atoms with Gasteiger partial charge in [0, 0.05) is 0 Å². The molecule has 29 heavy (non-hydrogen) atoms. The predicted octanol–water partition coefficient (Wildman–Crippen LogP) is 1.22. The van der Waals surface area contributed by atoms with Crippen LogP contribution in [0, 0.1) is 0 Å². The average Bonchev–Trinajstić information content (AvgIpc) is 3.21. The zero-order chi connectivity index (χ0) is 18.0. The van der Waals surface area contributed by atoms with Gasteiger partial charge < -0.3 is 24.8 Å². The molecule has 0 fully saturated rings.